The van der Waals surface area contributed by atoms with Crippen LogP contribution in [-0.4, -0.2) is 48.0 Å². The smallest absolute Gasteiger partial charge is 0.271 e. The molecule has 0 fully saturated rings. The lowest BCUT2D eigenvalue weighted by Gasteiger charge is -2.28. The number of amides is 1. The van der Waals surface area contributed by atoms with Crippen LogP contribution in [0.5, 0.6) is 0 Å². The lowest BCUT2D eigenvalue weighted by atomic mass is 9.93. The van der Waals surface area contributed by atoms with Gasteiger partial charge in [0, 0.05) is 19.0 Å². The fourth-order valence-electron chi connectivity index (χ4n) is 2.13. The molecule has 0 saturated heterocycles. The van der Waals surface area contributed by atoms with E-state index in [1.807, 2.05) is 27.9 Å². The second kappa shape index (κ2) is 7.18. The highest BCUT2D eigenvalue weighted by atomic mass is 35.5. The minimum Gasteiger partial charge on any atom is -0.350 e. The zero-order valence-corrected chi connectivity index (χ0v) is 14.5. The first-order chi connectivity index (χ1) is 9.62. The zero-order chi connectivity index (χ0) is 16.2. The first-order valence-electron chi connectivity index (χ1n) is 7.08. The Balaban J connectivity index is 2.78. The number of nitrogens with zero attached hydrogens (tertiary/aromatic N) is 3. The summed E-state index contributed by atoms with van der Waals surface area (Å²) in [5, 5.41) is 3.19. The topological polar surface area (TPSA) is 58.1 Å². The predicted molar refractivity (Wildman–Crippen MR) is 85.8 cm³/mol. The minimum absolute atomic E-state index is 0.0282. The van der Waals surface area contributed by atoms with Crippen LogP contribution in [0.25, 0.3) is 0 Å². The molecule has 0 atom stereocenters. The maximum Gasteiger partial charge on any atom is 0.271 e. The number of halogens is 1. The van der Waals surface area contributed by atoms with E-state index in [0.29, 0.717) is 12.4 Å². The molecule has 0 bridgehead atoms. The van der Waals surface area contributed by atoms with Crippen molar-refractivity contribution in [3.05, 3.63) is 22.7 Å². The van der Waals surface area contributed by atoms with Crippen LogP contribution in [0.4, 0.5) is 0 Å². The maximum atomic E-state index is 12.3. The summed E-state index contributed by atoms with van der Waals surface area (Å²) in [5.74, 6) is 0.521. The van der Waals surface area contributed by atoms with E-state index in [-0.39, 0.29) is 28.0 Å². The van der Waals surface area contributed by atoms with Gasteiger partial charge in [0.05, 0.1) is 11.2 Å². The first kappa shape index (κ1) is 17.9. The molecule has 0 radical (unpaired) electrons. The van der Waals surface area contributed by atoms with Gasteiger partial charge in [-0.2, -0.15) is 0 Å². The third kappa shape index (κ3) is 5.59. The van der Waals surface area contributed by atoms with Gasteiger partial charge in [-0.25, -0.2) is 9.97 Å². The zero-order valence-electron chi connectivity index (χ0n) is 13.7. The molecule has 0 unspecified atom stereocenters. The number of rotatable bonds is 6. The number of hydrogen-bond donors (Lipinski definition) is 1. The molecule has 6 heteroatoms. The Kier molecular flexibility index (Phi) is 6.10. The molecule has 0 aromatic carbocycles. The van der Waals surface area contributed by atoms with Gasteiger partial charge in [-0.05, 0) is 19.5 Å². The van der Waals surface area contributed by atoms with Gasteiger partial charge in [0.1, 0.15) is 11.5 Å². The Bertz CT molecular complexity index is 500. The van der Waals surface area contributed by atoms with Gasteiger partial charge in [-0.15, -0.1) is 0 Å². The molecule has 21 heavy (non-hydrogen) atoms. The van der Waals surface area contributed by atoms with Crippen LogP contribution in [0.15, 0.2) is 6.20 Å². The van der Waals surface area contributed by atoms with E-state index in [1.165, 1.54) is 6.20 Å². The first-order valence-corrected chi connectivity index (χ1v) is 7.45. The van der Waals surface area contributed by atoms with E-state index < -0.39 is 0 Å². The van der Waals surface area contributed by atoms with Gasteiger partial charge in [-0.3, -0.25) is 4.79 Å². The van der Waals surface area contributed by atoms with E-state index in [9.17, 15) is 4.79 Å². The largest absolute Gasteiger partial charge is 0.350 e. The summed E-state index contributed by atoms with van der Waals surface area (Å²) < 4.78 is 0. The molecule has 1 N–H and O–H groups in total. The van der Waals surface area contributed by atoms with Crippen LogP contribution in [0, 0.1) is 5.41 Å². The Morgan fingerprint density at radius 2 is 2.05 bits per heavy atom. The van der Waals surface area contributed by atoms with Crippen LogP contribution < -0.4 is 5.32 Å². The molecular weight excluding hydrogens is 288 g/mol. The van der Waals surface area contributed by atoms with Crippen LogP contribution in [0.1, 0.15) is 49.9 Å². The molecule has 118 valence electrons. The summed E-state index contributed by atoms with van der Waals surface area (Å²) in [6.45, 7) is 9.60. The summed E-state index contributed by atoms with van der Waals surface area (Å²) >= 11 is 6.04. The average molecular weight is 313 g/mol. The van der Waals surface area contributed by atoms with Gasteiger partial charge < -0.3 is 10.2 Å². The average Bonchev–Trinajstić information content (AvgIpc) is 2.34. The molecule has 1 aromatic rings. The van der Waals surface area contributed by atoms with Crippen molar-refractivity contribution < 1.29 is 4.79 Å². The van der Waals surface area contributed by atoms with Crippen molar-refractivity contribution in [1.29, 1.82) is 0 Å². The van der Waals surface area contributed by atoms with E-state index in [4.69, 9.17) is 11.6 Å². The van der Waals surface area contributed by atoms with Gasteiger partial charge in [0.2, 0.25) is 0 Å². The van der Waals surface area contributed by atoms with Crippen molar-refractivity contribution in [2.75, 3.05) is 27.2 Å². The number of carbonyl (C=O) groups excluding carboxylic acids is 1. The monoisotopic (exact) mass is 312 g/mol. The summed E-state index contributed by atoms with van der Waals surface area (Å²) in [6, 6.07) is 0. The highest BCUT2D eigenvalue weighted by Crippen LogP contribution is 2.18. The second-order valence-corrected chi connectivity index (χ2v) is 7.07. The fourth-order valence-corrected chi connectivity index (χ4v) is 2.31. The Hall–Kier alpha value is -1.20. The van der Waals surface area contributed by atoms with Gasteiger partial charge in [0.25, 0.3) is 5.91 Å². The summed E-state index contributed by atoms with van der Waals surface area (Å²) in [4.78, 5) is 22.8. The molecule has 0 saturated carbocycles. The third-order valence-corrected chi connectivity index (χ3v) is 3.24. The Morgan fingerprint density at radius 3 is 2.57 bits per heavy atom. The summed E-state index contributed by atoms with van der Waals surface area (Å²) in [7, 11) is 4.03. The lowest BCUT2D eigenvalue weighted by Crippen LogP contribution is -2.40. The van der Waals surface area contributed by atoms with Gasteiger partial charge >= 0.3 is 0 Å². The molecular formula is C15H25ClN4O. The molecule has 1 aromatic heterocycles. The third-order valence-electron chi connectivity index (χ3n) is 2.97. The SMILES string of the molecule is CC(C)c1ncc(Cl)c(C(=O)NCC(C)(C)CN(C)C)n1. The van der Waals surface area contributed by atoms with E-state index in [2.05, 4.69) is 34.0 Å². The second-order valence-electron chi connectivity index (χ2n) is 6.66. The Morgan fingerprint density at radius 1 is 1.43 bits per heavy atom. The molecule has 0 spiro atoms. The van der Waals surface area contributed by atoms with Crippen molar-refractivity contribution in [3.63, 3.8) is 0 Å². The quantitative estimate of drug-likeness (QED) is 0.877. The molecule has 1 heterocycles. The van der Waals surface area contributed by atoms with Crippen LogP contribution >= 0.6 is 11.6 Å². The van der Waals surface area contributed by atoms with Crippen LogP contribution in [-0.2, 0) is 0 Å². The number of hydrogen-bond acceptors (Lipinski definition) is 4. The Labute approximate surface area is 132 Å². The predicted octanol–water partition coefficient (Wildman–Crippen LogP) is 2.57. The summed E-state index contributed by atoms with van der Waals surface area (Å²) in [5.41, 5.74) is 0.218. The van der Waals surface area contributed by atoms with Crippen LogP contribution in [0.3, 0.4) is 0 Å². The van der Waals surface area contributed by atoms with Crippen molar-refractivity contribution in [1.82, 2.24) is 20.2 Å². The van der Waals surface area contributed by atoms with Crippen molar-refractivity contribution in [2.24, 2.45) is 5.41 Å². The minimum atomic E-state index is -0.254. The van der Waals surface area contributed by atoms with Crippen molar-refractivity contribution >= 4 is 17.5 Å². The molecule has 1 amide bonds. The van der Waals surface area contributed by atoms with Gasteiger partial charge in [0.15, 0.2) is 0 Å². The molecule has 5 nitrogen and oxygen atoms in total. The molecule has 0 aliphatic carbocycles. The van der Waals surface area contributed by atoms with Gasteiger partial charge in [-0.1, -0.05) is 39.3 Å². The standard InChI is InChI=1S/C15H25ClN4O/c1-10(2)13-17-7-11(16)12(19-13)14(21)18-8-15(3,4)9-20(5)6/h7,10H,8-9H2,1-6H3,(H,18,21). The molecule has 1 rings (SSSR count). The van der Waals surface area contributed by atoms with Crippen molar-refractivity contribution in [2.45, 2.75) is 33.6 Å². The number of nitrogens with one attached hydrogen (secondary N) is 1. The number of aromatic nitrogens is 2. The van der Waals surface area contributed by atoms with Crippen molar-refractivity contribution in [3.8, 4) is 0 Å². The highest BCUT2D eigenvalue weighted by molar-refractivity contribution is 6.33. The fraction of sp³-hybridized carbons (Fsp3) is 0.667. The molecule has 0 aliphatic rings. The molecule has 0 aliphatic heterocycles. The highest BCUT2D eigenvalue weighted by Gasteiger charge is 2.22. The van der Waals surface area contributed by atoms with E-state index in [0.717, 1.165) is 6.54 Å². The maximum absolute atomic E-state index is 12.3. The normalized spacial score (nSPS) is 12.0. The van der Waals surface area contributed by atoms with E-state index >= 15 is 0 Å². The summed E-state index contributed by atoms with van der Waals surface area (Å²) in [6.07, 6.45) is 1.49. The van der Waals surface area contributed by atoms with E-state index in [1.54, 1.807) is 0 Å². The van der Waals surface area contributed by atoms with Crippen LogP contribution in [0.2, 0.25) is 5.02 Å². The number of carbonyl (C=O) groups is 1. The lowest BCUT2D eigenvalue weighted by molar-refractivity contribution is 0.0924.